The second-order valence-corrected chi connectivity index (χ2v) is 8.84. The molecule has 3 aromatic heterocycles. The van der Waals surface area contributed by atoms with Crippen LogP contribution in [0.1, 0.15) is 11.3 Å². The molecule has 0 amide bonds. The summed E-state index contributed by atoms with van der Waals surface area (Å²) in [6.45, 7) is 2.26. The van der Waals surface area contributed by atoms with Gasteiger partial charge in [-0.2, -0.15) is 0 Å². The average molecular weight is 469 g/mol. The van der Waals surface area contributed by atoms with Crippen LogP contribution in [0.15, 0.2) is 89.6 Å². The highest BCUT2D eigenvalue weighted by Gasteiger charge is 2.19. The Balaban J connectivity index is 1.62. The molecule has 0 saturated heterocycles. The summed E-state index contributed by atoms with van der Waals surface area (Å²) in [7, 11) is 0. The Bertz CT molecular complexity index is 1500. The first-order chi connectivity index (χ1) is 16.6. The Hall–Kier alpha value is -3.97. The third-order valence-corrected chi connectivity index (χ3v) is 6.59. The van der Waals surface area contributed by atoms with Crippen molar-refractivity contribution >= 4 is 11.3 Å². The molecule has 5 nitrogen and oxygen atoms in total. The molecule has 5 aromatic rings. The third-order valence-electron chi connectivity index (χ3n) is 5.64. The van der Waals surface area contributed by atoms with Crippen molar-refractivity contribution < 1.29 is 4.39 Å². The van der Waals surface area contributed by atoms with E-state index in [2.05, 4.69) is 9.97 Å². The fourth-order valence-electron chi connectivity index (χ4n) is 3.95. The fraction of sp³-hybridized carbons (Fsp3) is 0.111. The van der Waals surface area contributed by atoms with Crippen molar-refractivity contribution in [1.29, 1.82) is 0 Å². The number of thiophene rings is 1. The smallest absolute Gasteiger partial charge is 0.262 e. The molecule has 168 valence electrons. The molecule has 0 bridgehead atoms. The first kappa shape index (κ1) is 21.9. The fourth-order valence-corrected chi connectivity index (χ4v) is 4.96. The number of hydrogen-bond acceptors (Lipinski definition) is 5. The number of benzene rings is 2. The zero-order valence-electron chi connectivity index (χ0n) is 18.5. The molecule has 0 radical (unpaired) electrons. The van der Waals surface area contributed by atoms with Gasteiger partial charge < -0.3 is 0 Å². The van der Waals surface area contributed by atoms with Crippen LogP contribution >= 0.6 is 11.3 Å². The van der Waals surface area contributed by atoms with Crippen LogP contribution in [0.3, 0.4) is 0 Å². The molecule has 2 aromatic carbocycles. The van der Waals surface area contributed by atoms with E-state index < -0.39 is 0 Å². The van der Waals surface area contributed by atoms with Gasteiger partial charge in [-0.25, -0.2) is 19.3 Å². The predicted octanol–water partition coefficient (Wildman–Crippen LogP) is 5.79. The number of rotatable bonds is 6. The summed E-state index contributed by atoms with van der Waals surface area (Å²) >= 11 is 1.48. The van der Waals surface area contributed by atoms with Gasteiger partial charge in [0.1, 0.15) is 18.0 Å². The monoisotopic (exact) mass is 468 g/mol. The molecule has 0 atom stereocenters. The summed E-state index contributed by atoms with van der Waals surface area (Å²) in [5.74, 6) is 0.103. The van der Waals surface area contributed by atoms with Crippen molar-refractivity contribution in [1.82, 2.24) is 19.5 Å². The lowest BCUT2D eigenvalue weighted by atomic mass is 10.1. The van der Waals surface area contributed by atoms with Crippen LogP contribution in [0.2, 0.25) is 0 Å². The molecular weight excluding hydrogens is 447 g/mol. The van der Waals surface area contributed by atoms with Crippen LogP contribution in [0, 0.1) is 12.7 Å². The highest BCUT2D eigenvalue weighted by Crippen LogP contribution is 2.32. The Labute approximate surface area is 200 Å². The summed E-state index contributed by atoms with van der Waals surface area (Å²) in [6.07, 6.45) is 5.63. The summed E-state index contributed by atoms with van der Waals surface area (Å²) in [4.78, 5) is 27.6. The van der Waals surface area contributed by atoms with Crippen molar-refractivity contribution in [2.24, 2.45) is 0 Å². The lowest BCUT2D eigenvalue weighted by Crippen LogP contribution is -2.27. The Morgan fingerprint density at radius 3 is 2.50 bits per heavy atom. The molecule has 34 heavy (non-hydrogen) atoms. The summed E-state index contributed by atoms with van der Waals surface area (Å²) in [6, 6.07) is 18.2. The standard InChI is InChI=1S/C27H21FN4OS/c1-18-25(24-13-21(16-34-24)22-14-29-17-30-15-22)27(33)32(11-10-19-6-3-2-4-7-19)26(31-18)20-8-5-9-23(28)12-20/h2-9,12-17H,10-11H2,1H3. The molecule has 5 rings (SSSR count). The average Bonchev–Trinajstić information content (AvgIpc) is 3.34. The van der Waals surface area contributed by atoms with Crippen molar-refractivity contribution in [3.63, 3.8) is 0 Å². The number of aryl methyl sites for hydroxylation is 2. The molecule has 0 saturated carbocycles. The number of nitrogens with zero attached hydrogens (tertiary/aromatic N) is 4. The highest BCUT2D eigenvalue weighted by atomic mass is 32.1. The van der Waals surface area contributed by atoms with Gasteiger partial charge in [0.15, 0.2) is 0 Å². The second-order valence-electron chi connectivity index (χ2n) is 7.93. The maximum Gasteiger partial charge on any atom is 0.262 e. The summed E-state index contributed by atoms with van der Waals surface area (Å²) in [5.41, 5.74) is 4.55. The van der Waals surface area contributed by atoms with Gasteiger partial charge >= 0.3 is 0 Å². The number of halogens is 1. The topological polar surface area (TPSA) is 60.7 Å². The molecule has 0 aliphatic heterocycles. The zero-order chi connectivity index (χ0) is 23.5. The Kier molecular flexibility index (Phi) is 6.10. The van der Waals surface area contributed by atoms with Gasteiger partial charge in [0.2, 0.25) is 0 Å². The van der Waals surface area contributed by atoms with Gasteiger partial charge in [-0.05, 0) is 48.1 Å². The van der Waals surface area contributed by atoms with Gasteiger partial charge in [-0.3, -0.25) is 9.36 Å². The van der Waals surface area contributed by atoms with Crippen LogP contribution in [0.25, 0.3) is 33.0 Å². The highest BCUT2D eigenvalue weighted by molar-refractivity contribution is 7.14. The van der Waals surface area contributed by atoms with E-state index in [0.717, 1.165) is 21.6 Å². The molecule has 3 heterocycles. The minimum atomic E-state index is -0.365. The Morgan fingerprint density at radius 2 is 1.74 bits per heavy atom. The van der Waals surface area contributed by atoms with E-state index in [1.807, 2.05) is 48.7 Å². The zero-order valence-corrected chi connectivity index (χ0v) is 19.3. The predicted molar refractivity (Wildman–Crippen MR) is 133 cm³/mol. The van der Waals surface area contributed by atoms with Crippen molar-refractivity contribution in [2.45, 2.75) is 19.9 Å². The maximum atomic E-state index is 14.0. The number of aromatic nitrogens is 4. The van der Waals surface area contributed by atoms with E-state index in [1.54, 1.807) is 29.1 Å². The van der Waals surface area contributed by atoms with E-state index in [9.17, 15) is 9.18 Å². The molecule has 0 spiro atoms. The van der Waals surface area contributed by atoms with Gasteiger partial charge in [-0.15, -0.1) is 11.3 Å². The van der Waals surface area contributed by atoms with Gasteiger partial charge in [0.25, 0.3) is 5.56 Å². The van der Waals surface area contributed by atoms with E-state index in [1.165, 1.54) is 29.8 Å². The minimum Gasteiger partial charge on any atom is -0.292 e. The van der Waals surface area contributed by atoms with Crippen molar-refractivity contribution in [3.05, 3.63) is 112 Å². The second kappa shape index (κ2) is 9.49. The largest absolute Gasteiger partial charge is 0.292 e. The molecule has 0 aliphatic carbocycles. The SMILES string of the molecule is Cc1nc(-c2cccc(F)c2)n(CCc2ccccc2)c(=O)c1-c1cc(-c2cncnc2)cs1. The minimum absolute atomic E-state index is 0.139. The van der Waals surface area contributed by atoms with Gasteiger partial charge in [0, 0.05) is 34.9 Å². The van der Waals surface area contributed by atoms with E-state index in [0.29, 0.717) is 35.6 Å². The lowest BCUT2D eigenvalue weighted by molar-refractivity contribution is 0.626. The van der Waals surface area contributed by atoms with Crippen LogP contribution in [0.5, 0.6) is 0 Å². The first-order valence-corrected chi connectivity index (χ1v) is 11.7. The third kappa shape index (κ3) is 4.43. The van der Waals surface area contributed by atoms with Gasteiger partial charge in [-0.1, -0.05) is 42.5 Å². The number of hydrogen-bond donors (Lipinski definition) is 0. The molecule has 0 aliphatic rings. The maximum absolute atomic E-state index is 14.0. The van der Waals surface area contributed by atoms with Crippen LogP contribution in [-0.2, 0) is 13.0 Å². The van der Waals surface area contributed by atoms with Crippen molar-refractivity contribution in [2.75, 3.05) is 0 Å². The molecular formula is C27H21FN4OS. The summed E-state index contributed by atoms with van der Waals surface area (Å²) < 4.78 is 15.7. The molecule has 0 fully saturated rings. The Morgan fingerprint density at radius 1 is 0.941 bits per heavy atom. The van der Waals surface area contributed by atoms with Crippen LogP contribution < -0.4 is 5.56 Å². The van der Waals surface area contributed by atoms with Crippen LogP contribution in [-0.4, -0.2) is 19.5 Å². The lowest BCUT2D eigenvalue weighted by Gasteiger charge is -2.16. The quantitative estimate of drug-likeness (QED) is 0.317. The normalized spacial score (nSPS) is 11.0. The van der Waals surface area contributed by atoms with E-state index >= 15 is 0 Å². The molecule has 0 unspecified atom stereocenters. The molecule has 0 N–H and O–H groups in total. The van der Waals surface area contributed by atoms with E-state index in [-0.39, 0.29) is 11.4 Å². The molecule has 7 heteroatoms. The van der Waals surface area contributed by atoms with Gasteiger partial charge in [0.05, 0.1) is 11.3 Å². The summed E-state index contributed by atoms with van der Waals surface area (Å²) in [5, 5.41) is 1.99. The van der Waals surface area contributed by atoms with Crippen molar-refractivity contribution in [3.8, 4) is 33.0 Å². The first-order valence-electron chi connectivity index (χ1n) is 10.9. The van der Waals surface area contributed by atoms with E-state index in [4.69, 9.17) is 4.98 Å². The van der Waals surface area contributed by atoms with Crippen LogP contribution in [0.4, 0.5) is 4.39 Å².